The molecule has 2 N–H and O–H groups in total. The number of piperazine rings is 1. The minimum atomic E-state index is -0.448. The lowest BCUT2D eigenvalue weighted by Crippen LogP contribution is -2.48. The summed E-state index contributed by atoms with van der Waals surface area (Å²) in [6, 6.07) is 5.03. The highest BCUT2D eigenvalue weighted by Gasteiger charge is 2.26. The SMILES string of the molecule is Cn1c(=O)c2c(nc(N3CCN(CCN)CC3)n2Cc2nnc(-c3ccc(Cl)c(Cl)c3)o2)n(C)c1=O. The smallest absolute Gasteiger partial charge is 0.332 e. The van der Waals surface area contributed by atoms with Crippen molar-refractivity contribution in [2.24, 2.45) is 19.8 Å². The van der Waals surface area contributed by atoms with Gasteiger partial charge in [0.05, 0.1) is 10.0 Å². The van der Waals surface area contributed by atoms with E-state index >= 15 is 0 Å². The molecule has 1 aromatic carbocycles. The van der Waals surface area contributed by atoms with Crippen LogP contribution >= 0.6 is 23.2 Å². The number of halogens is 2. The average molecular weight is 534 g/mol. The minimum Gasteiger partial charge on any atom is -0.419 e. The summed E-state index contributed by atoms with van der Waals surface area (Å²) >= 11 is 12.1. The predicted molar refractivity (Wildman–Crippen MR) is 137 cm³/mol. The van der Waals surface area contributed by atoms with Crippen LogP contribution in [0.25, 0.3) is 22.6 Å². The largest absolute Gasteiger partial charge is 0.419 e. The maximum Gasteiger partial charge on any atom is 0.332 e. The maximum atomic E-state index is 13.2. The number of rotatable bonds is 6. The summed E-state index contributed by atoms with van der Waals surface area (Å²) in [6.45, 7) is 4.50. The number of anilines is 1. The van der Waals surface area contributed by atoms with Crippen molar-refractivity contribution in [1.29, 1.82) is 0 Å². The number of nitrogens with two attached hydrogens (primary N) is 1. The summed E-state index contributed by atoms with van der Waals surface area (Å²) in [5.41, 5.74) is 6.02. The van der Waals surface area contributed by atoms with Crippen molar-refractivity contribution >= 4 is 40.3 Å². The van der Waals surface area contributed by atoms with Crippen LogP contribution in [0.15, 0.2) is 32.2 Å². The van der Waals surface area contributed by atoms with Gasteiger partial charge in [-0.1, -0.05) is 23.2 Å². The number of hydrogen-bond donors (Lipinski definition) is 1. The summed E-state index contributed by atoms with van der Waals surface area (Å²) in [5.74, 6) is 1.10. The molecular formula is C22H25Cl2N9O3. The van der Waals surface area contributed by atoms with Crippen LogP contribution in [0.5, 0.6) is 0 Å². The zero-order chi connectivity index (χ0) is 25.6. The van der Waals surface area contributed by atoms with Crippen molar-refractivity contribution in [2.45, 2.75) is 6.54 Å². The summed E-state index contributed by atoms with van der Waals surface area (Å²) in [4.78, 5) is 34.9. The molecule has 0 radical (unpaired) electrons. The van der Waals surface area contributed by atoms with Crippen LogP contribution in [0.3, 0.4) is 0 Å². The molecule has 1 aliphatic heterocycles. The summed E-state index contributed by atoms with van der Waals surface area (Å²) in [7, 11) is 3.04. The first-order chi connectivity index (χ1) is 17.3. The Labute approximate surface area is 215 Å². The fourth-order valence-corrected chi connectivity index (χ4v) is 4.68. The van der Waals surface area contributed by atoms with Gasteiger partial charge in [0, 0.05) is 58.9 Å². The Balaban J connectivity index is 1.57. The van der Waals surface area contributed by atoms with Crippen molar-refractivity contribution in [2.75, 3.05) is 44.2 Å². The molecule has 14 heteroatoms. The van der Waals surface area contributed by atoms with E-state index in [1.54, 1.807) is 29.8 Å². The highest BCUT2D eigenvalue weighted by Crippen LogP contribution is 2.28. The predicted octanol–water partition coefficient (Wildman–Crippen LogP) is 0.919. The van der Waals surface area contributed by atoms with E-state index < -0.39 is 11.2 Å². The Morgan fingerprint density at radius 2 is 1.78 bits per heavy atom. The van der Waals surface area contributed by atoms with Gasteiger partial charge in [-0.15, -0.1) is 10.2 Å². The first-order valence-electron chi connectivity index (χ1n) is 11.4. The van der Waals surface area contributed by atoms with E-state index in [4.69, 9.17) is 38.3 Å². The lowest BCUT2D eigenvalue weighted by atomic mass is 10.2. The van der Waals surface area contributed by atoms with Gasteiger partial charge in [-0.25, -0.2) is 4.79 Å². The van der Waals surface area contributed by atoms with Crippen LogP contribution in [-0.2, 0) is 20.6 Å². The Morgan fingerprint density at radius 3 is 2.47 bits per heavy atom. The number of nitrogens with zero attached hydrogens (tertiary/aromatic N) is 8. The van der Waals surface area contributed by atoms with Crippen molar-refractivity contribution in [3.63, 3.8) is 0 Å². The van der Waals surface area contributed by atoms with Crippen LogP contribution in [0.2, 0.25) is 10.0 Å². The van der Waals surface area contributed by atoms with Gasteiger partial charge in [-0.2, -0.15) is 4.98 Å². The molecule has 3 aromatic heterocycles. The first-order valence-corrected chi connectivity index (χ1v) is 12.2. The van der Waals surface area contributed by atoms with E-state index in [9.17, 15) is 9.59 Å². The van der Waals surface area contributed by atoms with Gasteiger partial charge in [-0.05, 0) is 18.2 Å². The molecule has 190 valence electrons. The maximum absolute atomic E-state index is 13.2. The number of imidazole rings is 1. The van der Waals surface area contributed by atoms with Crippen LogP contribution in [0.1, 0.15) is 5.89 Å². The van der Waals surface area contributed by atoms with Gasteiger partial charge >= 0.3 is 5.69 Å². The molecule has 0 saturated carbocycles. The van der Waals surface area contributed by atoms with Gasteiger partial charge in [-0.3, -0.25) is 23.4 Å². The third-order valence-electron chi connectivity index (χ3n) is 6.36. The number of aromatic nitrogens is 6. The topological polar surface area (TPSA) is 133 Å². The zero-order valence-corrected chi connectivity index (χ0v) is 21.3. The van der Waals surface area contributed by atoms with Crippen LogP contribution in [0.4, 0.5) is 5.95 Å². The number of aryl methyl sites for hydroxylation is 1. The third-order valence-corrected chi connectivity index (χ3v) is 7.09. The molecule has 0 aliphatic carbocycles. The lowest BCUT2D eigenvalue weighted by Gasteiger charge is -2.35. The molecule has 0 spiro atoms. The minimum absolute atomic E-state index is 0.0939. The second kappa shape index (κ2) is 9.69. The van der Waals surface area contributed by atoms with Crippen LogP contribution in [0, 0.1) is 0 Å². The fourth-order valence-electron chi connectivity index (χ4n) is 4.38. The Hall–Kier alpha value is -3.19. The van der Waals surface area contributed by atoms with E-state index in [1.807, 2.05) is 0 Å². The molecule has 1 fully saturated rings. The van der Waals surface area contributed by atoms with E-state index in [-0.39, 0.29) is 23.8 Å². The molecule has 4 heterocycles. The third kappa shape index (κ3) is 4.30. The second-order valence-electron chi connectivity index (χ2n) is 8.62. The highest BCUT2D eigenvalue weighted by molar-refractivity contribution is 6.42. The van der Waals surface area contributed by atoms with Crippen molar-refractivity contribution in [3.8, 4) is 11.5 Å². The lowest BCUT2D eigenvalue weighted by molar-refractivity contribution is 0.263. The Kier molecular flexibility index (Phi) is 6.60. The molecule has 0 amide bonds. The first kappa shape index (κ1) is 24.5. The summed E-state index contributed by atoms with van der Waals surface area (Å²) in [6.07, 6.45) is 0. The van der Waals surface area contributed by atoms with Gasteiger partial charge < -0.3 is 15.1 Å². The average Bonchev–Trinajstić information content (AvgIpc) is 3.49. The normalized spacial score (nSPS) is 14.8. The standard InChI is InChI=1S/C22H25Cl2N9O3/c1-29-18-17(20(34)30(2)22(29)35)33(21(26-18)32-9-7-31(6-5-25)8-10-32)12-16-27-28-19(36-16)13-3-4-14(23)15(24)11-13/h3-4,11H,5-10,12,25H2,1-2H3. The second-order valence-corrected chi connectivity index (χ2v) is 9.44. The number of fused-ring (bicyclic) bond motifs is 1. The highest BCUT2D eigenvalue weighted by atomic mass is 35.5. The molecule has 36 heavy (non-hydrogen) atoms. The zero-order valence-electron chi connectivity index (χ0n) is 19.8. The summed E-state index contributed by atoms with van der Waals surface area (Å²) < 4.78 is 10.1. The Morgan fingerprint density at radius 1 is 1.03 bits per heavy atom. The van der Waals surface area contributed by atoms with E-state index in [0.717, 1.165) is 24.2 Å². The van der Waals surface area contributed by atoms with Crippen LogP contribution < -0.4 is 21.9 Å². The molecule has 1 aliphatic rings. The molecule has 12 nitrogen and oxygen atoms in total. The molecule has 4 aromatic rings. The molecule has 0 bridgehead atoms. The van der Waals surface area contributed by atoms with Crippen molar-refractivity contribution in [3.05, 3.63) is 55.0 Å². The van der Waals surface area contributed by atoms with E-state index in [0.29, 0.717) is 46.8 Å². The molecule has 1 saturated heterocycles. The van der Waals surface area contributed by atoms with E-state index in [1.165, 1.54) is 11.6 Å². The van der Waals surface area contributed by atoms with Crippen molar-refractivity contribution < 1.29 is 4.42 Å². The molecule has 0 unspecified atom stereocenters. The monoisotopic (exact) mass is 533 g/mol. The quantitative estimate of drug-likeness (QED) is 0.383. The van der Waals surface area contributed by atoms with Gasteiger partial charge in [0.1, 0.15) is 6.54 Å². The van der Waals surface area contributed by atoms with Gasteiger partial charge in [0.25, 0.3) is 5.56 Å². The number of hydrogen-bond acceptors (Lipinski definition) is 9. The van der Waals surface area contributed by atoms with E-state index in [2.05, 4.69) is 20.0 Å². The molecular weight excluding hydrogens is 509 g/mol. The molecule has 0 atom stereocenters. The molecule has 5 rings (SSSR count). The van der Waals surface area contributed by atoms with Gasteiger partial charge in [0.15, 0.2) is 11.2 Å². The van der Waals surface area contributed by atoms with Crippen molar-refractivity contribution in [1.82, 2.24) is 33.8 Å². The summed E-state index contributed by atoms with van der Waals surface area (Å²) in [5, 5.41) is 9.11. The van der Waals surface area contributed by atoms with Crippen LogP contribution in [-0.4, -0.2) is 73.1 Å². The van der Waals surface area contributed by atoms with Gasteiger partial charge in [0.2, 0.25) is 17.7 Å². The number of benzene rings is 1. The fraction of sp³-hybridized carbons (Fsp3) is 0.409. The Bertz CT molecular complexity index is 1550.